The molecule has 1 atom stereocenters. The maximum absolute atomic E-state index is 12.1. The molecule has 5 nitrogen and oxygen atoms in total. The van der Waals surface area contributed by atoms with Crippen molar-refractivity contribution in [3.8, 4) is 0 Å². The quantitative estimate of drug-likeness (QED) is 0.734. The smallest absolute Gasteiger partial charge is 0.319 e. The zero-order valence-electron chi connectivity index (χ0n) is 10.8. The largest absolute Gasteiger partial charge is 0.351 e. The summed E-state index contributed by atoms with van der Waals surface area (Å²) in [4.78, 5) is 23.0. The van der Waals surface area contributed by atoms with Gasteiger partial charge in [-0.25, -0.2) is 4.79 Å². The second-order valence-electron chi connectivity index (χ2n) is 4.98. The number of hydrogen-bond acceptors (Lipinski definition) is 2. The zero-order valence-corrected chi connectivity index (χ0v) is 10.8. The predicted octanol–water partition coefficient (Wildman–Crippen LogP) is 0.429. The molecule has 0 saturated heterocycles. The van der Waals surface area contributed by atoms with E-state index in [1.807, 2.05) is 30.3 Å². The maximum Gasteiger partial charge on any atom is 0.319 e. The van der Waals surface area contributed by atoms with Crippen molar-refractivity contribution in [3.63, 3.8) is 0 Å². The van der Waals surface area contributed by atoms with Gasteiger partial charge >= 0.3 is 6.03 Å². The van der Waals surface area contributed by atoms with Gasteiger partial charge in [-0.3, -0.25) is 10.1 Å². The monoisotopic (exact) mass is 262 g/mol. The Balaban J connectivity index is 2.12. The highest BCUT2D eigenvalue weighted by Crippen LogP contribution is 2.17. The van der Waals surface area contributed by atoms with Crippen LogP contribution in [0.2, 0.25) is 0 Å². The van der Waals surface area contributed by atoms with Crippen LogP contribution < -0.4 is 16.4 Å². The van der Waals surface area contributed by atoms with E-state index in [9.17, 15) is 9.59 Å². The molecule has 1 aromatic rings. The van der Waals surface area contributed by atoms with E-state index in [1.54, 1.807) is 0 Å². The molecule has 1 aromatic carbocycles. The van der Waals surface area contributed by atoms with Crippen LogP contribution in [-0.2, 0) is 4.79 Å². The first kappa shape index (κ1) is 13.5. The molecule has 0 unspecified atom stereocenters. The minimum atomic E-state index is -0.800. The number of benzene rings is 1. The van der Waals surface area contributed by atoms with Crippen LogP contribution in [0.1, 0.15) is 37.3 Å². The third-order valence-corrected chi connectivity index (χ3v) is 3.55. The molecule has 0 radical (unpaired) electrons. The number of carbonyl (C=O) groups is 2. The average Bonchev–Trinajstić information content (AvgIpc) is 2.89. The van der Waals surface area contributed by atoms with Crippen LogP contribution in [0, 0.1) is 0 Å². The highest BCUT2D eigenvalue weighted by atomic mass is 16.2. The molecule has 1 saturated carbocycles. The number of urea groups is 1. The zero-order chi connectivity index (χ0) is 13.7. The Kier molecular flexibility index (Phi) is 4.52. The number of imide groups is 1. The molecular formula is C14H20N3O2+. The molecule has 3 amide bonds. The number of primary amides is 1. The average molecular weight is 262 g/mol. The molecule has 19 heavy (non-hydrogen) atoms. The standard InChI is InChI=1S/C14H19N3O2/c15-14(19)17-13(18)12(10-6-2-1-3-7-10)16-11-8-4-5-9-11/h1-3,6-7,11-12,16H,4-5,8-9H2,(H3,15,17,18,19)/p+1/t12-/m1/s1. The van der Waals surface area contributed by atoms with E-state index in [1.165, 1.54) is 12.8 Å². The van der Waals surface area contributed by atoms with Crippen molar-refractivity contribution in [1.82, 2.24) is 5.32 Å². The third-order valence-electron chi connectivity index (χ3n) is 3.55. The summed E-state index contributed by atoms with van der Waals surface area (Å²) in [5.41, 5.74) is 5.93. The van der Waals surface area contributed by atoms with Gasteiger partial charge in [0.1, 0.15) is 0 Å². The molecule has 1 aliphatic rings. The number of carbonyl (C=O) groups excluding carboxylic acids is 2. The highest BCUT2D eigenvalue weighted by molar-refractivity contribution is 5.96. The highest BCUT2D eigenvalue weighted by Gasteiger charge is 2.30. The van der Waals surface area contributed by atoms with Crippen LogP contribution in [0.25, 0.3) is 0 Å². The van der Waals surface area contributed by atoms with Gasteiger partial charge in [0.15, 0.2) is 6.04 Å². The van der Waals surface area contributed by atoms with Crippen molar-refractivity contribution in [2.45, 2.75) is 37.8 Å². The topological polar surface area (TPSA) is 88.8 Å². The summed E-state index contributed by atoms with van der Waals surface area (Å²) in [6.07, 6.45) is 4.65. The van der Waals surface area contributed by atoms with Crippen LogP contribution in [-0.4, -0.2) is 18.0 Å². The number of hydrogen-bond donors (Lipinski definition) is 3. The molecule has 0 spiro atoms. The van der Waals surface area contributed by atoms with Crippen molar-refractivity contribution in [3.05, 3.63) is 35.9 Å². The Morgan fingerprint density at radius 2 is 1.84 bits per heavy atom. The van der Waals surface area contributed by atoms with Gasteiger partial charge in [0.2, 0.25) is 0 Å². The Morgan fingerprint density at radius 1 is 1.21 bits per heavy atom. The summed E-state index contributed by atoms with van der Waals surface area (Å²) in [7, 11) is 0. The Hall–Kier alpha value is -1.88. The van der Waals surface area contributed by atoms with Gasteiger partial charge in [-0.05, 0) is 25.7 Å². The van der Waals surface area contributed by atoms with Crippen LogP contribution in [0.4, 0.5) is 4.79 Å². The molecule has 1 aliphatic carbocycles. The summed E-state index contributed by atoms with van der Waals surface area (Å²) in [5.74, 6) is -0.342. The van der Waals surface area contributed by atoms with E-state index >= 15 is 0 Å². The SMILES string of the molecule is NC(=O)NC(=O)[C@H]([NH2+]C1CCCC1)c1ccccc1. The van der Waals surface area contributed by atoms with E-state index < -0.39 is 12.1 Å². The lowest BCUT2D eigenvalue weighted by molar-refractivity contribution is -0.714. The second-order valence-corrected chi connectivity index (χ2v) is 4.98. The van der Waals surface area contributed by atoms with Crippen LogP contribution in [0.15, 0.2) is 30.3 Å². The molecule has 1 fully saturated rings. The summed E-state index contributed by atoms with van der Waals surface area (Å²) >= 11 is 0. The van der Waals surface area contributed by atoms with Crippen LogP contribution >= 0.6 is 0 Å². The molecule has 0 bridgehead atoms. The number of amides is 3. The first-order chi connectivity index (χ1) is 9.16. The lowest BCUT2D eigenvalue weighted by Crippen LogP contribution is -2.92. The lowest BCUT2D eigenvalue weighted by Gasteiger charge is -2.18. The minimum absolute atomic E-state index is 0.342. The van der Waals surface area contributed by atoms with Crippen LogP contribution in [0.3, 0.4) is 0 Å². The van der Waals surface area contributed by atoms with E-state index in [-0.39, 0.29) is 5.91 Å². The van der Waals surface area contributed by atoms with Gasteiger partial charge in [0.25, 0.3) is 5.91 Å². The van der Waals surface area contributed by atoms with Gasteiger partial charge in [0, 0.05) is 5.56 Å². The third kappa shape index (κ3) is 3.79. The van der Waals surface area contributed by atoms with E-state index in [2.05, 4.69) is 10.6 Å². The van der Waals surface area contributed by atoms with Crippen molar-refractivity contribution in [2.75, 3.05) is 0 Å². The number of nitrogens with two attached hydrogens (primary N) is 2. The van der Waals surface area contributed by atoms with Gasteiger partial charge < -0.3 is 11.1 Å². The fraction of sp³-hybridized carbons (Fsp3) is 0.429. The van der Waals surface area contributed by atoms with Crippen LogP contribution in [0.5, 0.6) is 0 Å². The first-order valence-corrected chi connectivity index (χ1v) is 6.67. The predicted molar refractivity (Wildman–Crippen MR) is 71.1 cm³/mol. The molecular weight excluding hydrogens is 242 g/mol. The molecule has 0 heterocycles. The van der Waals surface area contributed by atoms with E-state index in [4.69, 9.17) is 5.73 Å². The fourth-order valence-electron chi connectivity index (χ4n) is 2.63. The van der Waals surface area contributed by atoms with Gasteiger partial charge in [0.05, 0.1) is 6.04 Å². The molecule has 0 aliphatic heterocycles. The van der Waals surface area contributed by atoms with Gasteiger partial charge in [-0.1, -0.05) is 30.3 Å². The van der Waals surface area contributed by atoms with Crippen molar-refractivity contribution >= 4 is 11.9 Å². The Bertz CT molecular complexity index is 441. The Morgan fingerprint density at radius 3 is 2.42 bits per heavy atom. The number of quaternary nitrogens is 1. The van der Waals surface area contributed by atoms with Crippen molar-refractivity contribution < 1.29 is 14.9 Å². The molecule has 5 N–H and O–H groups in total. The molecule has 102 valence electrons. The minimum Gasteiger partial charge on any atom is -0.351 e. The summed E-state index contributed by atoms with van der Waals surface area (Å²) < 4.78 is 0. The van der Waals surface area contributed by atoms with Crippen molar-refractivity contribution in [2.24, 2.45) is 5.73 Å². The molecule has 5 heteroatoms. The normalized spacial score (nSPS) is 17.1. The van der Waals surface area contributed by atoms with E-state index in [0.717, 1.165) is 18.4 Å². The second kappa shape index (κ2) is 6.33. The van der Waals surface area contributed by atoms with Gasteiger partial charge in [-0.15, -0.1) is 0 Å². The fourth-order valence-corrected chi connectivity index (χ4v) is 2.63. The molecule has 2 rings (SSSR count). The Labute approximate surface area is 112 Å². The van der Waals surface area contributed by atoms with Crippen molar-refractivity contribution in [1.29, 1.82) is 0 Å². The number of rotatable bonds is 4. The van der Waals surface area contributed by atoms with Gasteiger partial charge in [-0.2, -0.15) is 0 Å². The summed E-state index contributed by atoms with van der Waals surface area (Å²) in [6, 6.07) is 8.73. The summed E-state index contributed by atoms with van der Waals surface area (Å²) in [5, 5.41) is 4.24. The summed E-state index contributed by atoms with van der Waals surface area (Å²) in [6.45, 7) is 0. The maximum atomic E-state index is 12.1. The number of nitrogens with one attached hydrogen (secondary N) is 1. The van der Waals surface area contributed by atoms with E-state index in [0.29, 0.717) is 6.04 Å². The first-order valence-electron chi connectivity index (χ1n) is 6.67. The lowest BCUT2D eigenvalue weighted by atomic mass is 10.0. The molecule has 0 aromatic heterocycles.